The van der Waals surface area contributed by atoms with Gasteiger partial charge in [0.1, 0.15) is 11.3 Å². The number of carboxylic acid groups (broad SMARTS) is 1. The van der Waals surface area contributed by atoms with Crippen molar-refractivity contribution >= 4 is 55.3 Å². The molecule has 0 atom stereocenters. The molecule has 0 saturated carbocycles. The number of nitrogens with zero attached hydrogens (tertiary/aromatic N) is 6. The largest absolute Gasteiger partial charge is 0.507 e. The molecule has 36 heavy (non-hydrogen) atoms. The zero-order valence-electron chi connectivity index (χ0n) is 18.1. The molecule has 3 N–H and O–H groups in total. The standard InChI is InChI=1S/C23H14N6O6S/c24-25-20-8-9-21(18-12-16(36(33,34)35)6-7-17(18)20)29-27-14-3-1-13(2-4-14)26-28-15-5-10-22(30)19(11-15)23(31)32/h1-12H,(H2-,26,29,30,31,32,33,34,35)/p+1. The van der Waals surface area contributed by atoms with Gasteiger partial charge in [0.15, 0.2) is 4.98 Å². The summed E-state index contributed by atoms with van der Waals surface area (Å²) in [5.41, 5.74) is 1.28. The topological polar surface area (TPSA) is 189 Å². The van der Waals surface area contributed by atoms with E-state index in [0.717, 1.165) is 0 Å². The van der Waals surface area contributed by atoms with Crippen LogP contribution >= 0.6 is 0 Å². The van der Waals surface area contributed by atoms with Crippen LogP contribution in [0, 0.1) is 5.39 Å². The van der Waals surface area contributed by atoms with Gasteiger partial charge < -0.3 is 10.2 Å². The fourth-order valence-electron chi connectivity index (χ4n) is 3.20. The Hall–Kier alpha value is -5.06. The minimum absolute atomic E-state index is 0.185. The van der Waals surface area contributed by atoms with Crippen molar-refractivity contribution in [2.24, 2.45) is 20.5 Å². The first-order valence-corrected chi connectivity index (χ1v) is 11.5. The van der Waals surface area contributed by atoms with Crippen LogP contribution in [0.5, 0.6) is 5.75 Å². The summed E-state index contributed by atoms with van der Waals surface area (Å²) in [6.07, 6.45) is 0. The molecule has 0 aromatic heterocycles. The molecule has 13 heteroatoms. The second-order valence-electron chi connectivity index (χ2n) is 7.31. The molecule has 0 bridgehead atoms. The van der Waals surface area contributed by atoms with Gasteiger partial charge in [0.25, 0.3) is 10.1 Å². The summed E-state index contributed by atoms with van der Waals surface area (Å²) < 4.78 is 32.4. The van der Waals surface area contributed by atoms with Crippen molar-refractivity contribution in [1.82, 2.24) is 0 Å². The van der Waals surface area contributed by atoms with Gasteiger partial charge in [0, 0.05) is 11.5 Å². The van der Waals surface area contributed by atoms with Gasteiger partial charge in [-0.2, -0.15) is 23.8 Å². The third-order valence-corrected chi connectivity index (χ3v) is 5.81. The Morgan fingerprint density at radius 2 is 1.39 bits per heavy atom. The highest BCUT2D eigenvalue weighted by molar-refractivity contribution is 7.85. The monoisotopic (exact) mass is 503 g/mol. The van der Waals surface area contributed by atoms with Gasteiger partial charge in [-0.25, -0.2) is 4.79 Å². The lowest BCUT2D eigenvalue weighted by atomic mass is 10.1. The predicted molar refractivity (Wildman–Crippen MR) is 128 cm³/mol. The van der Waals surface area contributed by atoms with Gasteiger partial charge in [0.05, 0.1) is 33.0 Å². The fraction of sp³-hybridized carbons (Fsp3) is 0. The van der Waals surface area contributed by atoms with Crippen LogP contribution in [0.3, 0.4) is 0 Å². The van der Waals surface area contributed by atoms with Crippen LogP contribution in [0.15, 0.2) is 98.1 Å². The van der Waals surface area contributed by atoms with Gasteiger partial charge >= 0.3 is 11.7 Å². The Balaban J connectivity index is 1.59. The van der Waals surface area contributed by atoms with E-state index in [1.54, 1.807) is 24.3 Å². The lowest BCUT2D eigenvalue weighted by Crippen LogP contribution is -1.97. The summed E-state index contributed by atoms with van der Waals surface area (Å²) >= 11 is 0. The minimum Gasteiger partial charge on any atom is -0.507 e. The molecule has 0 aliphatic heterocycles. The summed E-state index contributed by atoms with van der Waals surface area (Å²) in [5.74, 6) is -1.67. The first-order chi connectivity index (χ1) is 17.2. The van der Waals surface area contributed by atoms with Crippen molar-refractivity contribution < 1.29 is 28.0 Å². The molecule has 0 aliphatic carbocycles. The second-order valence-corrected chi connectivity index (χ2v) is 8.73. The number of carbonyl (C=O) groups is 1. The number of phenols is 1. The number of diazo groups is 1. The first kappa shape index (κ1) is 24.1. The number of fused-ring (bicyclic) bond motifs is 1. The van der Waals surface area contributed by atoms with E-state index in [9.17, 15) is 28.3 Å². The van der Waals surface area contributed by atoms with E-state index in [1.165, 1.54) is 48.5 Å². The molecule has 0 saturated heterocycles. The number of azo groups is 2. The van der Waals surface area contributed by atoms with Crippen LogP contribution in [0.1, 0.15) is 10.4 Å². The maximum Gasteiger partial charge on any atom is 0.392 e. The number of aromatic hydroxyl groups is 1. The SMILES string of the molecule is N#[N+]c1ccc(N=Nc2ccc(N=Nc3ccc(O)c(C(=O)O)c3)cc2)c2cc(S(=O)(=O)O)ccc12. The third kappa shape index (κ3) is 5.20. The fourth-order valence-corrected chi connectivity index (χ4v) is 3.71. The highest BCUT2D eigenvalue weighted by Gasteiger charge is 2.18. The average molecular weight is 503 g/mol. The van der Waals surface area contributed by atoms with E-state index in [-0.39, 0.29) is 33.3 Å². The molecular weight excluding hydrogens is 488 g/mol. The molecule has 4 aromatic rings. The van der Waals surface area contributed by atoms with Crippen LogP contribution in [-0.2, 0) is 10.1 Å². The normalized spacial score (nSPS) is 11.8. The molecule has 4 rings (SSSR count). The van der Waals surface area contributed by atoms with E-state index >= 15 is 0 Å². The Labute approximate surface area is 203 Å². The van der Waals surface area contributed by atoms with Gasteiger partial charge in [0.2, 0.25) is 5.39 Å². The molecular formula is C23H15N6O6S+. The first-order valence-electron chi connectivity index (χ1n) is 10.0. The van der Waals surface area contributed by atoms with E-state index in [4.69, 9.17) is 5.11 Å². The van der Waals surface area contributed by atoms with E-state index < -0.39 is 16.1 Å². The van der Waals surface area contributed by atoms with Gasteiger partial charge in [-0.05, 0) is 66.7 Å². The Bertz CT molecular complexity index is 1710. The number of carboxylic acids is 1. The van der Waals surface area contributed by atoms with Crippen molar-refractivity contribution in [3.05, 3.63) is 83.3 Å². The van der Waals surface area contributed by atoms with Crippen molar-refractivity contribution in [2.45, 2.75) is 4.90 Å². The van der Waals surface area contributed by atoms with Crippen LogP contribution in [-0.4, -0.2) is 29.2 Å². The average Bonchev–Trinajstić information content (AvgIpc) is 2.86. The molecule has 0 amide bonds. The Kier molecular flexibility index (Phi) is 6.46. The molecule has 178 valence electrons. The highest BCUT2D eigenvalue weighted by Crippen LogP contribution is 2.36. The maximum atomic E-state index is 11.5. The smallest absolute Gasteiger partial charge is 0.392 e. The van der Waals surface area contributed by atoms with Crippen LogP contribution in [0.4, 0.5) is 28.4 Å². The summed E-state index contributed by atoms with van der Waals surface area (Å²) in [6.45, 7) is 0. The molecule has 12 nitrogen and oxygen atoms in total. The molecule has 0 aliphatic rings. The Morgan fingerprint density at radius 3 is 2.00 bits per heavy atom. The van der Waals surface area contributed by atoms with E-state index in [1.807, 2.05) is 0 Å². The van der Waals surface area contributed by atoms with E-state index in [2.05, 4.69) is 25.4 Å². The van der Waals surface area contributed by atoms with Crippen LogP contribution in [0.25, 0.3) is 15.7 Å². The molecule has 0 fully saturated rings. The number of benzene rings is 4. The van der Waals surface area contributed by atoms with Crippen molar-refractivity contribution in [2.75, 3.05) is 0 Å². The number of hydrogen-bond donors (Lipinski definition) is 3. The summed E-state index contributed by atoms with van der Waals surface area (Å²) in [5, 5.41) is 44.8. The minimum atomic E-state index is -4.46. The van der Waals surface area contributed by atoms with Crippen molar-refractivity contribution in [3.63, 3.8) is 0 Å². The predicted octanol–water partition coefficient (Wildman–Crippen LogP) is 6.81. The lowest BCUT2D eigenvalue weighted by molar-refractivity contribution is 0.0693. The lowest BCUT2D eigenvalue weighted by Gasteiger charge is -2.02. The van der Waals surface area contributed by atoms with Gasteiger partial charge in [-0.3, -0.25) is 4.55 Å². The van der Waals surface area contributed by atoms with Crippen molar-refractivity contribution in [3.8, 4) is 5.75 Å². The summed E-state index contributed by atoms with van der Waals surface area (Å²) in [6, 6.07) is 16.9. The van der Waals surface area contributed by atoms with Crippen molar-refractivity contribution in [1.29, 1.82) is 5.39 Å². The summed E-state index contributed by atoms with van der Waals surface area (Å²) in [4.78, 5) is 13.9. The maximum absolute atomic E-state index is 11.5. The molecule has 0 heterocycles. The summed E-state index contributed by atoms with van der Waals surface area (Å²) in [7, 11) is -4.46. The third-order valence-electron chi connectivity index (χ3n) is 4.96. The molecule has 0 radical (unpaired) electrons. The molecule has 0 unspecified atom stereocenters. The quantitative estimate of drug-likeness (QED) is 0.146. The molecule has 0 spiro atoms. The zero-order chi connectivity index (χ0) is 25.9. The number of hydrogen-bond acceptors (Lipinski definition) is 9. The molecule has 4 aromatic carbocycles. The van der Waals surface area contributed by atoms with E-state index in [0.29, 0.717) is 22.1 Å². The number of rotatable bonds is 6. The van der Waals surface area contributed by atoms with Crippen LogP contribution in [0.2, 0.25) is 0 Å². The van der Waals surface area contributed by atoms with Gasteiger partial charge in [-0.15, -0.1) is 5.11 Å². The van der Waals surface area contributed by atoms with Crippen LogP contribution < -0.4 is 0 Å². The highest BCUT2D eigenvalue weighted by atomic mass is 32.2. The zero-order valence-corrected chi connectivity index (χ0v) is 18.9. The number of aromatic carboxylic acids is 1. The second kappa shape index (κ2) is 9.66. The van der Waals surface area contributed by atoms with Gasteiger partial charge in [-0.1, -0.05) is 0 Å². The Morgan fingerprint density at radius 1 is 0.778 bits per heavy atom.